The summed E-state index contributed by atoms with van der Waals surface area (Å²) in [5.41, 5.74) is 5.01. The van der Waals surface area contributed by atoms with E-state index in [-0.39, 0.29) is 17.9 Å². The molecule has 2 aliphatic heterocycles. The molecule has 1 N–H and O–H groups in total. The number of anilines is 1. The van der Waals surface area contributed by atoms with E-state index in [2.05, 4.69) is 36.9 Å². The maximum Gasteiger partial charge on any atom is 0.288 e. The van der Waals surface area contributed by atoms with Gasteiger partial charge < -0.3 is 14.5 Å². The molecule has 2 saturated heterocycles. The topological polar surface area (TPSA) is 54.3 Å². The molecular weight excluding hydrogens is 390 g/mol. The van der Waals surface area contributed by atoms with E-state index in [1.165, 1.54) is 26.6 Å². The monoisotopic (exact) mass is 422 g/mol. The van der Waals surface area contributed by atoms with Gasteiger partial charge in [-0.05, 0) is 55.2 Å². The van der Waals surface area contributed by atoms with E-state index in [1.54, 1.807) is 7.11 Å². The molecule has 2 heterocycles. The summed E-state index contributed by atoms with van der Waals surface area (Å²) in [6.07, 6.45) is 1.00. The van der Waals surface area contributed by atoms with Crippen LogP contribution in [0.15, 0.2) is 42.5 Å². The van der Waals surface area contributed by atoms with E-state index < -0.39 is 0 Å². The van der Waals surface area contributed by atoms with Crippen molar-refractivity contribution in [2.24, 2.45) is 0 Å². The zero-order chi connectivity index (χ0) is 22.0. The molecule has 0 spiro atoms. The molecule has 2 amide bonds. The Morgan fingerprint density at radius 3 is 2.42 bits per heavy atom. The molecule has 0 saturated carbocycles. The van der Waals surface area contributed by atoms with Gasteiger partial charge in [-0.3, -0.25) is 14.5 Å². The highest BCUT2D eigenvalue weighted by Gasteiger charge is 2.45. The number of aryl methyl sites for hydroxylation is 1. The molecule has 0 unspecified atom stereocenters. The highest BCUT2D eigenvalue weighted by Crippen LogP contribution is 2.23. The van der Waals surface area contributed by atoms with Gasteiger partial charge in [0.05, 0.1) is 39.7 Å². The van der Waals surface area contributed by atoms with Gasteiger partial charge in [-0.15, -0.1) is 0 Å². The molecule has 0 bridgehead atoms. The first-order valence-corrected chi connectivity index (χ1v) is 11.1. The number of amides is 2. The second-order valence-electron chi connectivity index (χ2n) is 8.60. The quantitative estimate of drug-likeness (QED) is 0.715. The van der Waals surface area contributed by atoms with Gasteiger partial charge in [-0.1, -0.05) is 24.3 Å². The molecule has 0 aliphatic carbocycles. The molecular formula is C25H32N3O3+. The van der Waals surface area contributed by atoms with Crippen molar-refractivity contribution in [3.05, 3.63) is 59.2 Å². The molecule has 6 nitrogen and oxygen atoms in total. The minimum Gasteiger partial charge on any atom is -0.497 e. The summed E-state index contributed by atoms with van der Waals surface area (Å²) in [5, 5.41) is 0. The molecule has 2 fully saturated rings. The smallest absolute Gasteiger partial charge is 0.288 e. The van der Waals surface area contributed by atoms with Gasteiger partial charge in [0.25, 0.3) is 5.91 Å². The number of nitrogens with one attached hydrogen (secondary N) is 1. The fraction of sp³-hybridized carbons (Fsp3) is 0.440. The Balaban J connectivity index is 1.34. The zero-order valence-corrected chi connectivity index (χ0v) is 18.7. The van der Waals surface area contributed by atoms with Crippen LogP contribution in [0.5, 0.6) is 5.75 Å². The van der Waals surface area contributed by atoms with Crippen molar-refractivity contribution in [1.82, 2.24) is 4.90 Å². The van der Waals surface area contributed by atoms with Crippen LogP contribution in [0.1, 0.15) is 23.1 Å². The van der Waals surface area contributed by atoms with E-state index in [0.29, 0.717) is 19.4 Å². The van der Waals surface area contributed by atoms with Gasteiger partial charge in [-0.25, -0.2) is 0 Å². The minimum absolute atomic E-state index is 0.00584. The average Bonchev–Trinajstić information content (AvgIpc) is 3.08. The van der Waals surface area contributed by atoms with Crippen LogP contribution in [0.25, 0.3) is 0 Å². The van der Waals surface area contributed by atoms with E-state index in [0.717, 1.165) is 37.5 Å². The van der Waals surface area contributed by atoms with Crippen LogP contribution in [0.2, 0.25) is 0 Å². The molecule has 0 aromatic heterocycles. The third kappa shape index (κ3) is 4.44. The normalized spacial score (nSPS) is 19.9. The van der Waals surface area contributed by atoms with E-state index in [4.69, 9.17) is 4.74 Å². The number of carbonyl (C=O) groups excluding carboxylic acids is 2. The van der Waals surface area contributed by atoms with Crippen molar-refractivity contribution < 1.29 is 19.2 Å². The second-order valence-corrected chi connectivity index (χ2v) is 8.60. The Labute approximate surface area is 184 Å². The predicted octanol–water partition coefficient (Wildman–Crippen LogP) is 1.39. The lowest BCUT2D eigenvalue weighted by Crippen LogP contribution is -3.19. The van der Waals surface area contributed by atoms with Crippen LogP contribution in [-0.4, -0.2) is 62.6 Å². The molecule has 2 aromatic carbocycles. The van der Waals surface area contributed by atoms with Crippen molar-refractivity contribution in [3.8, 4) is 5.75 Å². The highest BCUT2D eigenvalue weighted by molar-refractivity contribution is 6.04. The SMILES string of the molecule is COc1ccc(CCN2C(=O)C[C@H]([NH+]3CCN(c4cccc(C)c4C)CC3)C2=O)cc1. The lowest BCUT2D eigenvalue weighted by Gasteiger charge is -2.36. The third-order valence-electron chi connectivity index (χ3n) is 6.84. The standard InChI is InChI=1S/C25H31N3O3/c1-18-5-4-6-22(19(18)2)26-13-15-27(16-14-26)23-17-24(29)28(25(23)30)12-11-20-7-9-21(31-3)10-8-20/h4-10,23H,11-17H2,1-3H3/p+1/t23-/m0/s1. The fourth-order valence-corrected chi connectivity index (χ4v) is 4.73. The van der Waals surface area contributed by atoms with Gasteiger partial charge >= 0.3 is 0 Å². The molecule has 2 aliphatic rings. The van der Waals surface area contributed by atoms with Crippen molar-refractivity contribution in [3.63, 3.8) is 0 Å². The lowest BCUT2D eigenvalue weighted by molar-refractivity contribution is -0.915. The zero-order valence-electron chi connectivity index (χ0n) is 18.7. The largest absolute Gasteiger partial charge is 0.497 e. The molecule has 6 heteroatoms. The first-order chi connectivity index (χ1) is 15.0. The van der Waals surface area contributed by atoms with Crippen molar-refractivity contribution in [1.29, 1.82) is 0 Å². The Bertz CT molecular complexity index is 949. The number of imide groups is 1. The lowest BCUT2D eigenvalue weighted by atomic mass is 10.1. The summed E-state index contributed by atoms with van der Waals surface area (Å²) in [4.78, 5) is 30.8. The van der Waals surface area contributed by atoms with Crippen LogP contribution < -0.4 is 14.5 Å². The van der Waals surface area contributed by atoms with Gasteiger partial charge in [0.15, 0.2) is 6.04 Å². The summed E-state index contributed by atoms with van der Waals surface area (Å²) in [7, 11) is 1.64. The Morgan fingerprint density at radius 2 is 1.74 bits per heavy atom. The van der Waals surface area contributed by atoms with Gasteiger partial charge in [0.2, 0.25) is 5.91 Å². The van der Waals surface area contributed by atoms with Gasteiger partial charge in [0.1, 0.15) is 5.75 Å². The summed E-state index contributed by atoms with van der Waals surface area (Å²) in [5.74, 6) is 0.766. The number of hydrogen-bond donors (Lipinski definition) is 1. The van der Waals surface area contributed by atoms with Crippen LogP contribution in [0.4, 0.5) is 5.69 Å². The van der Waals surface area contributed by atoms with Crippen LogP contribution in [-0.2, 0) is 16.0 Å². The Morgan fingerprint density at radius 1 is 1.03 bits per heavy atom. The van der Waals surface area contributed by atoms with Crippen molar-refractivity contribution in [2.75, 3.05) is 44.7 Å². The van der Waals surface area contributed by atoms with E-state index in [9.17, 15) is 9.59 Å². The van der Waals surface area contributed by atoms with Gasteiger partial charge in [-0.2, -0.15) is 0 Å². The van der Waals surface area contributed by atoms with Crippen molar-refractivity contribution >= 4 is 17.5 Å². The minimum atomic E-state index is -0.232. The first-order valence-electron chi connectivity index (χ1n) is 11.1. The maximum atomic E-state index is 13.0. The first kappa shape index (κ1) is 21.4. The highest BCUT2D eigenvalue weighted by atomic mass is 16.5. The van der Waals surface area contributed by atoms with Gasteiger partial charge in [0, 0.05) is 12.2 Å². The number of quaternary nitrogens is 1. The van der Waals surface area contributed by atoms with Crippen molar-refractivity contribution in [2.45, 2.75) is 32.7 Å². The number of ether oxygens (including phenoxy) is 1. The number of carbonyl (C=O) groups is 2. The number of hydrogen-bond acceptors (Lipinski definition) is 4. The maximum absolute atomic E-state index is 13.0. The molecule has 4 rings (SSSR count). The van der Waals surface area contributed by atoms with E-state index >= 15 is 0 Å². The Hall–Kier alpha value is -2.86. The Kier molecular flexibility index (Phi) is 6.28. The number of methoxy groups -OCH3 is 1. The predicted molar refractivity (Wildman–Crippen MR) is 121 cm³/mol. The number of benzene rings is 2. The van der Waals surface area contributed by atoms with Crippen LogP contribution >= 0.6 is 0 Å². The summed E-state index contributed by atoms with van der Waals surface area (Å²) < 4.78 is 5.19. The average molecular weight is 423 g/mol. The summed E-state index contributed by atoms with van der Waals surface area (Å²) in [6.45, 7) is 8.33. The number of likely N-dealkylation sites (tertiary alicyclic amines) is 1. The molecule has 1 atom stereocenters. The van der Waals surface area contributed by atoms with E-state index in [1.807, 2.05) is 24.3 Å². The number of rotatable bonds is 6. The molecule has 0 radical (unpaired) electrons. The molecule has 31 heavy (non-hydrogen) atoms. The second kappa shape index (κ2) is 9.10. The third-order valence-corrected chi connectivity index (χ3v) is 6.84. The fourth-order valence-electron chi connectivity index (χ4n) is 4.73. The molecule has 2 aromatic rings. The summed E-state index contributed by atoms with van der Waals surface area (Å²) >= 11 is 0. The van der Waals surface area contributed by atoms with Crippen LogP contribution in [0, 0.1) is 13.8 Å². The van der Waals surface area contributed by atoms with Crippen LogP contribution in [0.3, 0.4) is 0 Å². The number of nitrogens with zero attached hydrogens (tertiary/aromatic N) is 2. The number of piperazine rings is 1. The summed E-state index contributed by atoms with van der Waals surface area (Å²) in [6, 6.07) is 14.0. The molecule has 164 valence electrons.